The number of nitrogens with zero attached hydrogens (tertiary/aromatic N) is 4. The molecular weight excluding hydrogens is 316 g/mol. The quantitative estimate of drug-likeness (QED) is 0.844. The Bertz CT molecular complexity index is 647. The first kappa shape index (κ1) is 17.4. The van der Waals surface area contributed by atoms with Gasteiger partial charge in [-0.15, -0.1) is 0 Å². The summed E-state index contributed by atoms with van der Waals surface area (Å²) in [6.45, 7) is 13.0. The SMILES string of the molecule is CC1CCN(c2nc(C(C)(C)C)ns2)CCN1Cc1ccccc1. The predicted octanol–water partition coefficient (Wildman–Crippen LogP) is 3.94. The van der Waals surface area contributed by atoms with Crippen LogP contribution in [0.1, 0.15) is 45.5 Å². The van der Waals surface area contributed by atoms with Crippen LogP contribution in [0.2, 0.25) is 0 Å². The summed E-state index contributed by atoms with van der Waals surface area (Å²) >= 11 is 1.54. The third-order valence-corrected chi connectivity index (χ3v) is 5.46. The van der Waals surface area contributed by atoms with Gasteiger partial charge in [-0.1, -0.05) is 51.1 Å². The molecule has 4 nitrogen and oxygen atoms in total. The third kappa shape index (κ3) is 4.14. The Kier molecular flexibility index (Phi) is 5.21. The van der Waals surface area contributed by atoms with Crippen LogP contribution in [0.15, 0.2) is 30.3 Å². The van der Waals surface area contributed by atoms with Crippen molar-refractivity contribution < 1.29 is 0 Å². The van der Waals surface area contributed by atoms with Gasteiger partial charge in [-0.2, -0.15) is 4.37 Å². The van der Waals surface area contributed by atoms with E-state index in [0.29, 0.717) is 6.04 Å². The van der Waals surface area contributed by atoms with Gasteiger partial charge in [-0.25, -0.2) is 4.98 Å². The van der Waals surface area contributed by atoms with Gasteiger partial charge in [-0.05, 0) is 18.9 Å². The van der Waals surface area contributed by atoms with Crippen molar-refractivity contribution in [2.24, 2.45) is 0 Å². The molecule has 1 aliphatic rings. The molecular formula is C19H28N4S. The molecule has 3 rings (SSSR count). The minimum Gasteiger partial charge on any atom is -0.346 e. The first-order valence-electron chi connectivity index (χ1n) is 8.80. The van der Waals surface area contributed by atoms with Crippen LogP contribution in [0.4, 0.5) is 5.13 Å². The van der Waals surface area contributed by atoms with Gasteiger partial charge in [0.15, 0.2) is 0 Å². The first-order chi connectivity index (χ1) is 11.4. The summed E-state index contributed by atoms with van der Waals surface area (Å²) in [5.41, 5.74) is 1.41. The van der Waals surface area contributed by atoms with Crippen molar-refractivity contribution in [3.8, 4) is 0 Å². The van der Waals surface area contributed by atoms with E-state index in [1.54, 1.807) is 11.5 Å². The van der Waals surface area contributed by atoms with E-state index in [9.17, 15) is 0 Å². The molecule has 0 radical (unpaired) electrons. The molecule has 24 heavy (non-hydrogen) atoms. The van der Waals surface area contributed by atoms with Gasteiger partial charge in [-0.3, -0.25) is 4.90 Å². The second kappa shape index (κ2) is 7.19. The molecule has 1 aromatic carbocycles. The zero-order chi connectivity index (χ0) is 17.2. The van der Waals surface area contributed by atoms with Crippen LogP contribution in [0.5, 0.6) is 0 Å². The summed E-state index contributed by atoms with van der Waals surface area (Å²) < 4.78 is 4.57. The molecule has 0 saturated carbocycles. The van der Waals surface area contributed by atoms with Crippen molar-refractivity contribution in [1.82, 2.24) is 14.3 Å². The largest absolute Gasteiger partial charge is 0.346 e. The molecule has 130 valence electrons. The van der Waals surface area contributed by atoms with Crippen molar-refractivity contribution >= 4 is 16.7 Å². The second-order valence-electron chi connectivity index (χ2n) is 7.73. The summed E-state index contributed by atoms with van der Waals surface area (Å²) in [6, 6.07) is 11.4. The van der Waals surface area contributed by atoms with Crippen LogP contribution in [-0.4, -0.2) is 39.9 Å². The predicted molar refractivity (Wildman–Crippen MR) is 102 cm³/mol. The number of anilines is 1. The maximum atomic E-state index is 4.80. The van der Waals surface area contributed by atoms with Crippen molar-refractivity contribution in [2.75, 3.05) is 24.5 Å². The van der Waals surface area contributed by atoms with Gasteiger partial charge in [0.25, 0.3) is 0 Å². The molecule has 0 aliphatic carbocycles. The van der Waals surface area contributed by atoms with Crippen LogP contribution in [-0.2, 0) is 12.0 Å². The fraction of sp³-hybridized carbons (Fsp3) is 0.579. The Hall–Kier alpha value is -1.46. The molecule has 1 aliphatic heterocycles. The standard InChI is InChI=1S/C19H28N4S/c1-15-10-11-22(18-20-17(21-24-18)19(2,3)4)12-13-23(15)14-16-8-6-5-7-9-16/h5-9,15H,10-14H2,1-4H3. The molecule has 1 aromatic heterocycles. The zero-order valence-corrected chi connectivity index (χ0v) is 16.0. The average molecular weight is 345 g/mol. The Labute approximate surface area is 149 Å². The third-order valence-electron chi connectivity index (χ3n) is 4.68. The minimum absolute atomic E-state index is 0.0211. The van der Waals surface area contributed by atoms with E-state index < -0.39 is 0 Å². The fourth-order valence-corrected chi connectivity index (χ4v) is 3.91. The molecule has 1 saturated heterocycles. The molecule has 0 N–H and O–H groups in total. The van der Waals surface area contributed by atoms with E-state index in [4.69, 9.17) is 4.98 Å². The molecule has 1 atom stereocenters. The van der Waals surface area contributed by atoms with E-state index in [1.165, 1.54) is 5.56 Å². The topological polar surface area (TPSA) is 32.3 Å². The van der Waals surface area contributed by atoms with E-state index in [0.717, 1.165) is 43.6 Å². The Morgan fingerprint density at radius 1 is 1.12 bits per heavy atom. The first-order valence-corrected chi connectivity index (χ1v) is 9.58. The summed E-state index contributed by atoms with van der Waals surface area (Å²) in [5, 5.41) is 1.08. The lowest BCUT2D eigenvalue weighted by molar-refractivity contribution is 0.212. The lowest BCUT2D eigenvalue weighted by Crippen LogP contribution is -2.34. The maximum absolute atomic E-state index is 4.80. The highest BCUT2D eigenvalue weighted by molar-refractivity contribution is 7.09. The Morgan fingerprint density at radius 2 is 1.88 bits per heavy atom. The molecule has 5 heteroatoms. The lowest BCUT2D eigenvalue weighted by Gasteiger charge is -2.26. The van der Waals surface area contributed by atoms with E-state index >= 15 is 0 Å². The Morgan fingerprint density at radius 3 is 2.54 bits per heavy atom. The van der Waals surface area contributed by atoms with Crippen LogP contribution in [0, 0.1) is 0 Å². The molecule has 0 amide bonds. The van der Waals surface area contributed by atoms with Crippen molar-refractivity contribution in [3.63, 3.8) is 0 Å². The number of hydrogen-bond donors (Lipinski definition) is 0. The average Bonchev–Trinajstić information content (AvgIpc) is 2.98. The highest BCUT2D eigenvalue weighted by Crippen LogP contribution is 2.27. The summed E-state index contributed by atoms with van der Waals surface area (Å²) in [4.78, 5) is 9.79. The van der Waals surface area contributed by atoms with Gasteiger partial charge in [0.1, 0.15) is 5.82 Å². The zero-order valence-electron chi connectivity index (χ0n) is 15.2. The van der Waals surface area contributed by atoms with E-state index in [1.807, 2.05) is 0 Å². The van der Waals surface area contributed by atoms with Crippen molar-refractivity contribution in [3.05, 3.63) is 41.7 Å². The molecule has 2 aromatic rings. The monoisotopic (exact) mass is 344 g/mol. The van der Waals surface area contributed by atoms with Crippen molar-refractivity contribution in [1.29, 1.82) is 0 Å². The normalized spacial score (nSPS) is 20.2. The van der Waals surface area contributed by atoms with Gasteiger partial charge in [0, 0.05) is 49.2 Å². The van der Waals surface area contributed by atoms with Gasteiger partial charge >= 0.3 is 0 Å². The van der Waals surface area contributed by atoms with Gasteiger partial charge in [0.05, 0.1) is 0 Å². The van der Waals surface area contributed by atoms with E-state index in [-0.39, 0.29) is 5.41 Å². The lowest BCUT2D eigenvalue weighted by atomic mass is 9.96. The fourth-order valence-electron chi connectivity index (χ4n) is 3.00. The van der Waals surface area contributed by atoms with Crippen molar-refractivity contribution in [2.45, 2.75) is 52.1 Å². The Balaban J connectivity index is 1.66. The van der Waals surface area contributed by atoms with Crippen LogP contribution in [0.25, 0.3) is 0 Å². The summed E-state index contributed by atoms with van der Waals surface area (Å²) in [5.74, 6) is 0.959. The van der Waals surface area contributed by atoms with Crippen LogP contribution in [0.3, 0.4) is 0 Å². The molecule has 1 fully saturated rings. The molecule has 0 spiro atoms. The maximum Gasteiger partial charge on any atom is 0.205 e. The number of aromatic nitrogens is 2. The summed E-state index contributed by atoms with van der Waals surface area (Å²) in [6.07, 6.45) is 1.16. The molecule has 2 heterocycles. The minimum atomic E-state index is 0.0211. The molecule has 1 unspecified atom stereocenters. The smallest absolute Gasteiger partial charge is 0.205 e. The van der Waals surface area contributed by atoms with Crippen LogP contribution < -0.4 is 4.90 Å². The number of rotatable bonds is 3. The highest BCUT2D eigenvalue weighted by atomic mass is 32.1. The molecule has 0 bridgehead atoms. The number of benzene rings is 1. The summed E-state index contributed by atoms with van der Waals surface area (Å²) in [7, 11) is 0. The van der Waals surface area contributed by atoms with Crippen LogP contribution >= 0.6 is 11.5 Å². The highest BCUT2D eigenvalue weighted by Gasteiger charge is 2.25. The van der Waals surface area contributed by atoms with Gasteiger partial charge < -0.3 is 4.90 Å². The number of hydrogen-bond acceptors (Lipinski definition) is 5. The van der Waals surface area contributed by atoms with E-state index in [2.05, 4.69) is 72.2 Å². The second-order valence-corrected chi connectivity index (χ2v) is 8.46. The van der Waals surface area contributed by atoms with Gasteiger partial charge in [0.2, 0.25) is 5.13 Å².